The Balaban J connectivity index is 2.37. The summed E-state index contributed by atoms with van der Waals surface area (Å²) in [4.78, 5) is 35.7. The van der Waals surface area contributed by atoms with Crippen LogP contribution < -0.4 is 10.9 Å². The zero-order valence-corrected chi connectivity index (χ0v) is 12.7. The number of esters is 1. The van der Waals surface area contributed by atoms with Crippen molar-refractivity contribution in [3.8, 4) is 0 Å². The molecule has 2 N–H and O–H groups in total. The molecule has 0 atom stereocenters. The lowest BCUT2D eigenvalue weighted by Crippen LogP contribution is -2.33. The van der Waals surface area contributed by atoms with Crippen molar-refractivity contribution in [1.82, 2.24) is 4.57 Å². The molecule has 7 nitrogen and oxygen atoms in total. The van der Waals surface area contributed by atoms with Crippen LogP contribution in [0.3, 0.4) is 0 Å². The van der Waals surface area contributed by atoms with Crippen LogP contribution in [-0.4, -0.2) is 28.8 Å². The zero-order valence-electron chi connectivity index (χ0n) is 12.7. The van der Waals surface area contributed by atoms with Crippen molar-refractivity contribution >= 4 is 17.7 Å². The molecule has 2 rings (SSSR count). The number of benzene rings is 1. The molecule has 0 saturated carbocycles. The number of pyridine rings is 1. The summed E-state index contributed by atoms with van der Waals surface area (Å²) in [7, 11) is 1.54. The molecule has 7 heteroatoms. The first kappa shape index (κ1) is 16.3. The van der Waals surface area contributed by atoms with Gasteiger partial charge in [0.25, 0.3) is 5.56 Å². The smallest absolute Gasteiger partial charge is 0.418 e. The summed E-state index contributed by atoms with van der Waals surface area (Å²) in [5.41, 5.74) is -0.0802. The van der Waals surface area contributed by atoms with E-state index >= 15 is 0 Å². The molecule has 1 aromatic heterocycles. The van der Waals surface area contributed by atoms with Crippen LogP contribution >= 0.6 is 0 Å². The van der Waals surface area contributed by atoms with Crippen LogP contribution in [0.2, 0.25) is 0 Å². The predicted molar refractivity (Wildman–Crippen MR) is 84.0 cm³/mol. The fraction of sp³-hybridized carbons (Fsp3) is 0.188. The molecule has 0 unspecified atom stereocenters. The van der Waals surface area contributed by atoms with Crippen LogP contribution in [0.5, 0.6) is 0 Å². The van der Waals surface area contributed by atoms with Crippen LogP contribution in [-0.2, 0) is 11.3 Å². The molecule has 0 radical (unpaired) electrons. The highest BCUT2D eigenvalue weighted by Crippen LogP contribution is 2.15. The van der Waals surface area contributed by atoms with Crippen molar-refractivity contribution in [2.45, 2.75) is 13.5 Å². The van der Waals surface area contributed by atoms with Crippen molar-refractivity contribution in [2.75, 3.05) is 12.4 Å². The Morgan fingerprint density at radius 3 is 2.48 bits per heavy atom. The molecule has 120 valence electrons. The van der Waals surface area contributed by atoms with Crippen LogP contribution in [0.15, 0.2) is 41.2 Å². The number of rotatable bonds is 4. The van der Waals surface area contributed by atoms with E-state index in [1.807, 2.05) is 6.07 Å². The van der Waals surface area contributed by atoms with E-state index in [4.69, 9.17) is 9.84 Å². The normalized spacial score (nSPS) is 10.2. The largest absolute Gasteiger partial charge is 0.464 e. The molecule has 0 aliphatic carbocycles. The average Bonchev–Trinajstić information content (AvgIpc) is 2.52. The van der Waals surface area contributed by atoms with Crippen LogP contribution in [0.25, 0.3) is 0 Å². The second kappa shape index (κ2) is 6.78. The fourth-order valence-corrected chi connectivity index (χ4v) is 2.16. The highest BCUT2D eigenvalue weighted by molar-refractivity contribution is 5.96. The lowest BCUT2D eigenvalue weighted by Gasteiger charge is -2.12. The van der Waals surface area contributed by atoms with Gasteiger partial charge in [-0.3, -0.25) is 4.79 Å². The molecule has 0 bridgehead atoms. The molecular weight excluding hydrogens is 300 g/mol. The maximum atomic E-state index is 12.3. The minimum atomic E-state index is -1.45. The maximum absolute atomic E-state index is 12.3. The van der Waals surface area contributed by atoms with Crippen molar-refractivity contribution < 1.29 is 19.4 Å². The number of aromatic nitrogens is 1. The number of aryl methyl sites for hydroxylation is 1. The predicted octanol–water partition coefficient (Wildman–Crippen LogP) is 2.08. The Bertz CT molecular complexity index is 796. The minimum absolute atomic E-state index is 0.0107. The number of nitrogens with one attached hydrogen (secondary N) is 1. The highest BCUT2D eigenvalue weighted by Gasteiger charge is 2.23. The van der Waals surface area contributed by atoms with Crippen molar-refractivity contribution in [1.29, 1.82) is 0 Å². The molecule has 1 heterocycles. The molecule has 0 saturated heterocycles. The number of nitrogens with zero attached hydrogens (tertiary/aromatic N) is 1. The average molecular weight is 316 g/mol. The Kier molecular flexibility index (Phi) is 4.80. The summed E-state index contributed by atoms with van der Waals surface area (Å²) in [5, 5.41) is 11.8. The summed E-state index contributed by atoms with van der Waals surface area (Å²) in [6, 6.07) is 10.4. The van der Waals surface area contributed by atoms with Gasteiger partial charge in [0.05, 0.1) is 5.69 Å². The number of carbonyl (C=O) groups is 2. The first-order chi connectivity index (χ1) is 11.0. The van der Waals surface area contributed by atoms with Crippen LogP contribution in [0.4, 0.5) is 10.5 Å². The Morgan fingerprint density at radius 1 is 1.26 bits per heavy atom. The standard InChI is InChI=1S/C16H16N2O5/c1-10-8-12(17-2)13(14(19)18(10)16(21)22)15(20)23-9-11-6-4-3-5-7-11/h3-8,17H,9H2,1-2H3,(H,21,22). The van der Waals surface area contributed by atoms with E-state index in [1.165, 1.54) is 20.0 Å². The third-order valence-electron chi connectivity index (χ3n) is 3.27. The van der Waals surface area contributed by atoms with Crippen LogP contribution in [0.1, 0.15) is 21.6 Å². The summed E-state index contributed by atoms with van der Waals surface area (Å²) < 4.78 is 5.64. The van der Waals surface area contributed by atoms with Gasteiger partial charge >= 0.3 is 12.1 Å². The summed E-state index contributed by atoms with van der Waals surface area (Å²) in [6.07, 6.45) is -1.45. The van der Waals surface area contributed by atoms with E-state index in [2.05, 4.69) is 5.32 Å². The van der Waals surface area contributed by atoms with Gasteiger partial charge < -0.3 is 15.2 Å². The monoisotopic (exact) mass is 316 g/mol. The number of carboxylic acid groups (broad SMARTS) is 1. The third-order valence-corrected chi connectivity index (χ3v) is 3.27. The number of carbonyl (C=O) groups excluding carboxylic acids is 1. The fourth-order valence-electron chi connectivity index (χ4n) is 2.16. The number of hydrogen-bond acceptors (Lipinski definition) is 5. The molecule has 0 fully saturated rings. The third kappa shape index (κ3) is 3.39. The summed E-state index contributed by atoms with van der Waals surface area (Å²) in [5.74, 6) is -0.877. The van der Waals surface area contributed by atoms with Crippen molar-refractivity contribution in [2.24, 2.45) is 0 Å². The minimum Gasteiger partial charge on any atom is -0.464 e. The molecular formula is C16H16N2O5. The van der Waals surface area contributed by atoms with Gasteiger partial charge in [-0.05, 0) is 18.6 Å². The van der Waals surface area contributed by atoms with Gasteiger partial charge in [0.15, 0.2) is 0 Å². The lowest BCUT2D eigenvalue weighted by atomic mass is 10.2. The quantitative estimate of drug-likeness (QED) is 0.838. The van der Waals surface area contributed by atoms with E-state index in [9.17, 15) is 14.4 Å². The second-order valence-corrected chi connectivity index (χ2v) is 4.81. The van der Waals surface area contributed by atoms with E-state index in [-0.39, 0.29) is 23.6 Å². The zero-order chi connectivity index (χ0) is 17.0. The summed E-state index contributed by atoms with van der Waals surface area (Å²) >= 11 is 0. The molecule has 0 spiro atoms. The molecule has 0 amide bonds. The van der Waals surface area contributed by atoms with Gasteiger partial charge in [-0.15, -0.1) is 0 Å². The molecule has 0 aliphatic rings. The van der Waals surface area contributed by atoms with Gasteiger partial charge in [-0.25, -0.2) is 14.2 Å². The van der Waals surface area contributed by atoms with Gasteiger partial charge in [0.2, 0.25) is 0 Å². The SMILES string of the molecule is CNc1cc(C)n(C(=O)O)c(=O)c1C(=O)OCc1ccccc1. The van der Waals surface area contributed by atoms with E-state index in [0.717, 1.165) is 5.56 Å². The van der Waals surface area contributed by atoms with Gasteiger partial charge in [-0.2, -0.15) is 0 Å². The van der Waals surface area contributed by atoms with Gasteiger partial charge in [-0.1, -0.05) is 30.3 Å². The number of ether oxygens (including phenoxy) is 1. The van der Waals surface area contributed by atoms with Crippen molar-refractivity contribution in [3.05, 3.63) is 63.6 Å². The topological polar surface area (TPSA) is 97.6 Å². The van der Waals surface area contributed by atoms with Gasteiger partial charge in [0.1, 0.15) is 12.2 Å². The van der Waals surface area contributed by atoms with E-state index < -0.39 is 17.6 Å². The first-order valence-electron chi connectivity index (χ1n) is 6.84. The second-order valence-electron chi connectivity index (χ2n) is 4.81. The summed E-state index contributed by atoms with van der Waals surface area (Å²) in [6.45, 7) is 1.46. The Morgan fingerprint density at radius 2 is 1.91 bits per heavy atom. The van der Waals surface area contributed by atoms with E-state index in [1.54, 1.807) is 24.3 Å². The number of hydrogen-bond donors (Lipinski definition) is 2. The lowest BCUT2D eigenvalue weighted by molar-refractivity contribution is 0.0471. The number of anilines is 1. The van der Waals surface area contributed by atoms with Crippen LogP contribution in [0, 0.1) is 6.92 Å². The highest BCUT2D eigenvalue weighted by atomic mass is 16.5. The maximum Gasteiger partial charge on any atom is 0.418 e. The molecule has 0 aliphatic heterocycles. The Hall–Kier alpha value is -3.09. The Labute approximate surface area is 132 Å². The van der Waals surface area contributed by atoms with E-state index in [0.29, 0.717) is 4.57 Å². The molecule has 23 heavy (non-hydrogen) atoms. The van der Waals surface area contributed by atoms with Gasteiger partial charge in [0, 0.05) is 12.7 Å². The first-order valence-corrected chi connectivity index (χ1v) is 6.84. The molecule has 1 aromatic carbocycles. The van der Waals surface area contributed by atoms with Crippen molar-refractivity contribution in [3.63, 3.8) is 0 Å². The molecule has 2 aromatic rings.